The Morgan fingerprint density at radius 2 is 1.90 bits per heavy atom. The van der Waals surface area contributed by atoms with Gasteiger partial charge in [0.25, 0.3) is 0 Å². The number of benzene rings is 2. The Kier molecular flexibility index (Phi) is 5.59. The Labute approximate surface area is 136 Å². The molecule has 0 bridgehead atoms. The van der Waals surface area contributed by atoms with E-state index in [0.29, 0.717) is 16.1 Å². The van der Waals surface area contributed by atoms with Gasteiger partial charge in [0.2, 0.25) is 0 Å². The molecule has 0 saturated heterocycles. The molecule has 2 aromatic rings. The summed E-state index contributed by atoms with van der Waals surface area (Å²) in [5, 5.41) is 7.67. The van der Waals surface area contributed by atoms with E-state index in [1.165, 1.54) is 5.56 Å². The molecule has 21 heavy (non-hydrogen) atoms. The van der Waals surface area contributed by atoms with Gasteiger partial charge >= 0.3 is 0 Å². The van der Waals surface area contributed by atoms with Crippen LogP contribution in [-0.4, -0.2) is 5.11 Å². The molecule has 2 rings (SSSR count). The zero-order valence-corrected chi connectivity index (χ0v) is 13.8. The first-order valence-corrected chi connectivity index (χ1v) is 7.81. The molecule has 0 aliphatic carbocycles. The first kappa shape index (κ1) is 15.8. The summed E-state index contributed by atoms with van der Waals surface area (Å²) >= 11 is 11.3. The molecule has 1 atom stereocenters. The van der Waals surface area contributed by atoms with Gasteiger partial charge in [0.1, 0.15) is 0 Å². The van der Waals surface area contributed by atoms with Gasteiger partial charge < -0.3 is 10.6 Å². The van der Waals surface area contributed by atoms with Crippen LogP contribution in [0.15, 0.2) is 48.5 Å². The number of hydrogen-bond acceptors (Lipinski definition) is 1. The molecule has 1 unspecified atom stereocenters. The van der Waals surface area contributed by atoms with Gasteiger partial charge in [-0.1, -0.05) is 49.7 Å². The monoisotopic (exact) mass is 318 g/mol. The van der Waals surface area contributed by atoms with Crippen LogP contribution in [0.1, 0.15) is 31.7 Å². The summed E-state index contributed by atoms with van der Waals surface area (Å²) in [6.45, 7) is 4.40. The van der Waals surface area contributed by atoms with E-state index >= 15 is 0 Å². The average molecular weight is 319 g/mol. The molecule has 0 heterocycles. The molecule has 0 spiro atoms. The van der Waals surface area contributed by atoms with E-state index < -0.39 is 0 Å². The van der Waals surface area contributed by atoms with Crippen LogP contribution in [0.5, 0.6) is 0 Å². The van der Waals surface area contributed by atoms with Gasteiger partial charge in [-0.3, -0.25) is 0 Å². The van der Waals surface area contributed by atoms with Crippen molar-refractivity contribution in [2.45, 2.75) is 26.2 Å². The number of nitrogens with one attached hydrogen (secondary N) is 2. The highest BCUT2D eigenvalue weighted by molar-refractivity contribution is 7.80. The van der Waals surface area contributed by atoms with Gasteiger partial charge in [-0.25, -0.2) is 0 Å². The van der Waals surface area contributed by atoms with Crippen molar-refractivity contribution in [3.8, 4) is 0 Å². The fourth-order valence-electron chi connectivity index (χ4n) is 2.11. The minimum absolute atomic E-state index is 0.489. The van der Waals surface area contributed by atoms with Gasteiger partial charge in [0.15, 0.2) is 5.11 Å². The Bertz CT molecular complexity index is 628. The number of thiocarbonyl (C=S) groups is 1. The number of para-hydroxylation sites is 1. The molecule has 0 saturated carbocycles. The Balaban J connectivity index is 2.09. The molecule has 4 heteroatoms. The van der Waals surface area contributed by atoms with Crippen molar-refractivity contribution < 1.29 is 0 Å². The minimum atomic E-state index is 0.489. The molecular formula is C17H19ClN2S. The third-order valence-corrected chi connectivity index (χ3v) is 3.87. The molecule has 2 aromatic carbocycles. The number of anilines is 2. The molecule has 0 aliphatic rings. The standard InChI is InChI=1S/C17H19ClN2S/c1-3-12(2)15-9-4-5-10-16(15)20-17(21)19-14-8-6-7-13(18)11-14/h4-12H,3H2,1-2H3,(H2,19,20,21). The SMILES string of the molecule is CCC(C)c1ccccc1NC(=S)Nc1cccc(Cl)c1. The summed E-state index contributed by atoms with van der Waals surface area (Å²) in [4.78, 5) is 0. The fourth-order valence-corrected chi connectivity index (χ4v) is 2.53. The van der Waals surface area contributed by atoms with Crippen LogP contribution in [0.25, 0.3) is 0 Å². The van der Waals surface area contributed by atoms with Gasteiger partial charge in [-0.2, -0.15) is 0 Å². The van der Waals surface area contributed by atoms with Crippen molar-refractivity contribution in [2.75, 3.05) is 10.6 Å². The number of rotatable bonds is 4. The van der Waals surface area contributed by atoms with Gasteiger partial charge in [-0.15, -0.1) is 0 Å². The smallest absolute Gasteiger partial charge is 0.175 e. The fraction of sp³-hybridized carbons (Fsp3) is 0.235. The summed E-state index contributed by atoms with van der Waals surface area (Å²) < 4.78 is 0. The van der Waals surface area contributed by atoms with Crippen LogP contribution >= 0.6 is 23.8 Å². The lowest BCUT2D eigenvalue weighted by Crippen LogP contribution is -2.20. The van der Waals surface area contributed by atoms with E-state index in [9.17, 15) is 0 Å². The second-order valence-corrected chi connectivity index (χ2v) is 5.83. The lowest BCUT2D eigenvalue weighted by atomic mass is 9.97. The molecule has 0 aliphatic heterocycles. The van der Waals surface area contributed by atoms with E-state index in [1.54, 1.807) is 0 Å². The van der Waals surface area contributed by atoms with Crippen LogP contribution in [0.2, 0.25) is 5.02 Å². The van der Waals surface area contributed by atoms with Crippen molar-refractivity contribution >= 4 is 40.3 Å². The van der Waals surface area contributed by atoms with Crippen LogP contribution in [0.4, 0.5) is 11.4 Å². The maximum atomic E-state index is 5.97. The number of hydrogen-bond donors (Lipinski definition) is 2. The predicted octanol–water partition coefficient (Wildman–Crippen LogP) is 5.66. The zero-order valence-electron chi connectivity index (χ0n) is 12.2. The van der Waals surface area contributed by atoms with Gasteiger partial charge in [0.05, 0.1) is 0 Å². The van der Waals surface area contributed by atoms with E-state index in [-0.39, 0.29) is 0 Å². The van der Waals surface area contributed by atoms with E-state index in [2.05, 4.69) is 36.6 Å². The first-order chi connectivity index (χ1) is 10.1. The first-order valence-electron chi connectivity index (χ1n) is 7.02. The van der Waals surface area contributed by atoms with Crippen molar-refractivity contribution in [3.05, 3.63) is 59.1 Å². The third kappa shape index (κ3) is 4.45. The summed E-state index contributed by atoms with van der Waals surface area (Å²) in [6, 6.07) is 15.8. The van der Waals surface area contributed by atoms with Crippen molar-refractivity contribution in [1.29, 1.82) is 0 Å². The highest BCUT2D eigenvalue weighted by Gasteiger charge is 2.09. The largest absolute Gasteiger partial charge is 0.332 e. The van der Waals surface area contributed by atoms with Crippen molar-refractivity contribution in [2.24, 2.45) is 0 Å². The topological polar surface area (TPSA) is 24.1 Å². The van der Waals surface area contributed by atoms with Crippen LogP contribution in [0.3, 0.4) is 0 Å². The average Bonchev–Trinajstić information content (AvgIpc) is 2.47. The molecule has 0 amide bonds. The highest BCUT2D eigenvalue weighted by Crippen LogP contribution is 2.26. The second kappa shape index (κ2) is 7.43. The quantitative estimate of drug-likeness (QED) is 0.711. The van der Waals surface area contributed by atoms with Crippen molar-refractivity contribution in [1.82, 2.24) is 0 Å². The van der Waals surface area contributed by atoms with E-state index in [4.69, 9.17) is 23.8 Å². The summed E-state index contributed by atoms with van der Waals surface area (Å²) in [5.41, 5.74) is 3.20. The molecule has 2 N–H and O–H groups in total. The molecule has 0 radical (unpaired) electrons. The molecular weight excluding hydrogens is 300 g/mol. The molecule has 110 valence electrons. The Morgan fingerprint density at radius 1 is 1.14 bits per heavy atom. The van der Waals surface area contributed by atoms with Crippen LogP contribution in [-0.2, 0) is 0 Å². The predicted molar refractivity (Wildman–Crippen MR) is 96.4 cm³/mol. The van der Waals surface area contributed by atoms with E-state index in [0.717, 1.165) is 17.8 Å². The zero-order chi connectivity index (χ0) is 15.2. The lowest BCUT2D eigenvalue weighted by Gasteiger charge is -2.17. The molecule has 0 aromatic heterocycles. The Morgan fingerprint density at radius 3 is 2.62 bits per heavy atom. The highest BCUT2D eigenvalue weighted by atomic mass is 35.5. The van der Waals surface area contributed by atoms with Gasteiger partial charge in [-0.05, 0) is 54.4 Å². The summed E-state index contributed by atoms with van der Waals surface area (Å²) in [6.07, 6.45) is 1.09. The normalized spacial score (nSPS) is 11.8. The van der Waals surface area contributed by atoms with Crippen LogP contribution < -0.4 is 10.6 Å². The van der Waals surface area contributed by atoms with Crippen molar-refractivity contribution in [3.63, 3.8) is 0 Å². The molecule has 0 fully saturated rings. The summed E-state index contributed by atoms with van der Waals surface area (Å²) in [5.74, 6) is 0.489. The third-order valence-electron chi connectivity index (χ3n) is 3.43. The molecule has 2 nitrogen and oxygen atoms in total. The summed E-state index contributed by atoms with van der Waals surface area (Å²) in [7, 11) is 0. The van der Waals surface area contributed by atoms with Crippen LogP contribution in [0, 0.1) is 0 Å². The maximum absolute atomic E-state index is 5.97. The minimum Gasteiger partial charge on any atom is -0.332 e. The van der Waals surface area contributed by atoms with E-state index in [1.807, 2.05) is 36.4 Å². The maximum Gasteiger partial charge on any atom is 0.175 e. The second-order valence-electron chi connectivity index (χ2n) is 4.99. The lowest BCUT2D eigenvalue weighted by molar-refractivity contribution is 0.736. The Hall–Kier alpha value is -1.58. The number of halogens is 1. The van der Waals surface area contributed by atoms with Gasteiger partial charge in [0, 0.05) is 16.4 Å².